The summed E-state index contributed by atoms with van der Waals surface area (Å²) in [4.78, 5) is 33.1. The fourth-order valence-electron chi connectivity index (χ4n) is 2.57. The molecule has 102 valence electrons. The number of rotatable bonds is 1. The predicted molar refractivity (Wildman–Crippen MR) is 75.8 cm³/mol. The number of nitrogens with one attached hydrogen (secondary N) is 1. The van der Waals surface area contributed by atoms with E-state index in [1.807, 2.05) is 6.07 Å². The van der Waals surface area contributed by atoms with Gasteiger partial charge in [-0.1, -0.05) is 18.2 Å². The molecule has 1 unspecified atom stereocenters. The molecule has 1 atom stereocenters. The third-order valence-corrected chi connectivity index (χ3v) is 3.54. The number of nitrogens with zero attached hydrogens (tertiary/aromatic N) is 3. The minimum atomic E-state index is -0.564. The molecule has 0 aliphatic carbocycles. The molecular weight excluding hydrogens is 268 g/mol. The van der Waals surface area contributed by atoms with E-state index in [1.54, 1.807) is 42.7 Å². The highest BCUT2D eigenvalue weighted by molar-refractivity contribution is 5.95. The Kier molecular flexibility index (Phi) is 2.38. The van der Waals surface area contributed by atoms with E-state index in [2.05, 4.69) is 15.3 Å². The predicted octanol–water partition coefficient (Wildman–Crippen LogP) is 1.08. The van der Waals surface area contributed by atoms with E-state index >= 15 is 0 Å². The standard InChI is InChI=1S/C15H10N4O2/c20-14-13-17-11-6-2-1-5-10(11)15(21)19(13)12(18-14)9-4-3-7-16-8-9/h1-8,12H,(H,18,20). The second-order valence-corrected chi connectivity index (χ2v) is 4.79. The number of carbonyl (C=O) groups excluding carboxylic acids is 1. The maximum absolute atomic E-state index is 12.7. The molecule has 1 aliphatic heterocycles. The van der Waals surface area contributed by atoms with Crippen molar-refractivity contribution in [3.8, 4) is 0 Å². The smallest absolute Gasteiger partial charge is 0.289 e. The van der Waals surface area contributed by atoms with Gasteiger partial charge in [0.2, 0.25) is 5.82 Å². The first-order valence-corrected chi connectivity index (χ1v) is 6.48. The highest BCUT2D eigenvalue weighted by Gasteiger charge is 2.32. The van der Waals surface area contributed by atoms with Crippen molar-refractivity contribution in [2.45, 2.75) is 6.17 Å². The van der Waals surface area contributed by atoms with Gasteiger partial charge in [-0.3, -0.25) is 19.1 Å². The molecule has 3 aromatic rings. The molecule has 0 radical (unpaired) electrons. The number of pyridine rings is 1. The Bertz CT molecular complexity index is 918. The van der Waals surface area contributed by atoms with Crippen LogP contribution < -0.4 is 10.9 Å². The highest BCUT2D eigenvalue weighted by Crippen LogP contribution is 2.21. The van der Waals surface area contributed by atoms with Gasteiger partial charge in [-0.05, 0) is 18.2 Å². The van der Waals surface area contributed by atoms with Crippen molar-refractivity contribution in [2.75, 3.05) is 0 Å². The molecule has 3 heterocycles. The van der Waals surface area contributed by atoms with Crippen LogP contribution in [0.5, 0.6) is 0 Å². The highest BCUT2D eigenvalue weighted by atomic mass is 16.2. The first-order chi connectivity index (χ1) is 10.3. The Morgan fingerprint density at radius 3 is 2.76 bits per heavy atom. The van der Waals surface area contributed by atoms with E-state index in [1.165, 1.54) is 4.57 Å². The summed E-state index contributed by atoms with van der Waals surface area (Å²) in [6.45, 7) is 0. The zero-order chi connectivity index (χ0) is 14.4. The van der Waals surface area contributed by atoms with Crippen LogP contribution in [0.4, 0.5) is 0 Å². The number of amides is 1. The van der Waals surface area contributed by atoms with Crippen molar-refractivity contribution in [1.29, 1.82) is 0 Å². The van der Waals surface area contributed by atoms with E-state index < -0.39 is 6.17 Å². The van der Waals surface area contributed by atoms with Crippen LogP contribution in [-0.4, -0.2) is 20.4 Å². The molecule has 0 spiro atoms. The van der Waals surface area contributed by atoms with Gasteiger partial charge in [0, 0.05) is 18.0 Å². The van der Waals surface area contributed by atoms with Crippen LogP contribution in [0.15, 0.2) is 53.6 Å². The summed E-state index contributed by atoms with van der Waals surface area (Å²) in [7, 11) is 0. The summed E-state index contributed by atoms with van der Waals surface area (Å²) >= 11 is 0. The molecular formula is C15H10N4O2. The van der Waals surface area contributed by atoms with Crippen molar-refractivity contribution < 1.29 is 4.79 Å². The zero-order valence-corrected chi connectivity index (χ0v) is 10.9. The van der Waals surface area contributed by atoms with Gasteiger partial charge in [0.25, 0.3) is 11.5 Å². The van der Waals surface area contributed by atoms with Crippen molar-refractivity contribution in [2.24, 2.45) is 0 Å². The van der Waals surface area contributed by atoms with Gasteiger partial charge < -0.3 is 5.32 Å². The normalized spacial score (nSPS) is 16.8. The van der Waals surface area contributed by atoms with Crippen LogP contribution in [0.2, 0.25) is 0 Å². The lowest BCUT2D eigenvalue weighted by molar-refractivity contribution is 0.0956. The Balaban J connectivity index is 2.03. The van der Waals surface area contributed by atoms with E-state index in [-0.39, 0.29) is 17.3 Å². The van der Waals surface area contributed by atoms with Gasteiger partial charge in [-0.2, -0.15) is 0 Å². The van der Waals surface area contributed by atoms with Gasteiger partial charge in [-0.15, -0.1) is 0 Å². The molecule has 0 saturated carbocycles. The fourth-order valence-corrected chi connectivity index (χ4v) is 2.57. The van der Waals surface area contributed by atoms with Crippen molar-refractivity contribution in [1.82, 2.24) is 19.9 Å². The molecule has 4 rings (SSSR count). The van der Waals surface area contributed by atoms with Crippen LogP contribution in [0, 0.1) is 0 Å². The van der Waals surface area contributed by atoms with Gasteiger partial charge in [0.1, 0.15) is 6.17 Å². The molecule has 21 heavy (non-hydrogen) atoms. The van der Waals surface area contributed by atoms with Gasteiger partial charge in [-0.25, -0.2) is 4.98 Å². The van der Waals surface area contributed by atoms with Crippen molar-refractivity contribution >= 4 is 16.8 Å². The lowest BCUT2D eigenvalue weighted by atomic mass is 10.2. The van der Waals surface area contributed by atoms with E-state index in [0.717, 1.165) is 5.56 Å². The van der Waals surface area contributed by atoms with Crippen LogP contribution in [0.3, 0.4) is 0 Å². The van der Waals surface area contributed by atoms with Crippen LogP contribution in [0.1, 0.15) is 22.3 Å². The average Bonchev–Trinajstić information content (AvgIpc) is 2.86. The molecule has 0 bridgehead atoms. The maximum Gasteiger partial charge on any atom is 0.289 e. The monoisotopic (exact) mass is 278 g/mol. The first-order valence-electron chi connectivity index (χ1n) is 6.48. The Morgan fingerprint density at radius 2 is 1.95 bits per heavy atom. The Labute approximate surface area is 119 Å². The molecule has 1 amide bonds. The van der Waals surface area contributed by atoms with Crippen LogP contribution in [-0.2, 0) is 0 Å². The number of benzene rings is 1. The molecule has 1 N–H and O–H groups in total. The molecule has 1 aliphatic rings. The summed E-state index contributed by atoms with van der Waals surface area (Å²) < 4.78 is 1.39. The summed E-state index contributed by atoms with van der Waals surface area (Å²) in [5.41, 5.74) is 1.03. The Hall–Kier alpha value is -3.02. The zero-order valence-electron chi connectivity index (χ0n) is 10.9. The van der Waals surface area contributed by atoms with Crippen molar-refractivity contribution in [3.05, 3.63) is 70.5 Å². The van der Waals surface area contributed by atoms with Crippen LogP contribution in [0.25, 0.3) is 10.9 Å². The molecule has 0 saturated heterocycles. The third-order valence-electron chi connectivity index (χ3n) is 3.54. The summed E-state index contributed by atoms with van der Waals surface area (Å²) in [6.07, 6.45) is 2.70. The van der Waals surface area contributed by atoms with E-state index in [4.69, 9.17) is 0 Å². The van der Waals surface area contributed by atoms with Crippen molar-refractivity contribution in [3.63, 3.8) is 0 Å². The molecule has 2 aromatic heterocycles. The maximum atomic E-state index is 12.7. The molecule has 0 fully saturated rings. The Morgan fingerprint density at radius 1 is 1.10 bits per heavy atom. The summed E-state index contributed by atoms with van der Waals surface area (Å²) in [5.74, 6) is -0.223. The number of fused-ring (bicyclic) bond motifs is 2. The van der Waals surface area contributed by atoms with Gasteiger partial charge in [0.15, 0.2) is 0 Å². The second-order valence-electron chi connectivity index (χ2n) is 4.79. The SMILES string of the molecule is O=C1NC(c2cccnc2)n2c1nc1ccccc1c2=O. The van der Waals surface area contributed by atoms with Gasteiger partial charge in [0.05, 0.1) is 10.9 Å². The minimum absolute atomic E-state index is 0.132. The largest absolute Gasteiger partial charge is 0.325 e. The molecule has 6 nitrogen and oxygen atoms in total. The van der Waals surface area contributed by atoms with E-state index in [9.17, 15) is 9.59 Å². The number of carbonyl (C=O) groups is 1. The van der Waals surface area contributed by atoms with E-state index in [0.29, 0.717) is 10.9 Å². The third kappa shape index (κ3) is 1.66. The molecule has 1 aromatic carbocycles. The quantitative estimate of drug-likeness (QED) is 0.722. The first kappa shape index (κ1) is 11.8. The number of hydrogen-bond acceptors (Lipinski definition) is 4. The molecule has 6 heteroatoms. The van der Waals surface area contributed by atoms with Gasteiger partial charge >= 0.3 is 0 Å². The number of para-hydroxylation sites is 1. The fraction of sp³-hybridized carbons (Fsp3) is 0.0667. The summed E-state index contributed by atoms with van der Waals surface area (Å²) in [6, 6.07) is 10.6. The summed E-state index contributed by atoms with van der Waals surface area (Å²) in [5, 5.41) is 3.27. The lowest BCUT2D eigenvalue weighted by Gasteiger charge is -2.13. The minimum Gasteiger partial charge on any atom is -0.325 e. The lowest BCUT2D eigenvalue weighted by Crippen LogP contribution is -2.28. The average molecular weight is 278 g/mol. The topological polar surface area (TPSA) is 76.9 Å². The second kappa shape index (κ2) is 4.24. The number of aromatic nitrogens is 3. The number of hydrogen-bond donors (Lipinski definition) is 1. The van der Waals surface area contributed by atoms with Crippen LogP contribution >= 0.6 is 0 Å².